The molecule has 22 heteroatoms. The third kappa shape index (κ3) is 89.6. The number of hydrogen-bond donors (Lipinski definition) is 6. The number of methoxy groups -OCH3 is 1. The molecule has 0 aliphatic heterocycles. The molecule has 0 bridgehead atoms. The maximum Gasteiger partial charge on any atom is 1.00 e. The van der Waals surface area contributed by atoms with Gasteiger partial charge >= 0.3 is 162 Å². The molecule has 4 rings (SSSR count). The quantitative estimate of drug-likeness (QED) is 0.0205. The van der Waals surface area contributed by atoms with E-state index in [0.717, 1.165) is 13.2 Å². The van der Waals surface area contributed by atoms with E-state index in [0.29, 0.717) is 46.1 Å². The Morgan fingerprint density at radius 2 is 0.637 bits per heavy atom. The first-order valence-electron chi connectivity index (χ1n) is 26.3. The van der Waals surface area contributed by atoms with Crippen LogP contribution in [0, 0.1) is 7.43 Å². The molecule has 0 saturated heterocycles. The third-order valence-corrected chi connectivity index (χ3v) is 9.92. The summed E-state index contributed by atoms with van der Waals surface area (Å²) in [6.45, 7) is 20.5. The van der Waals surface area contributed by atoms with Crippen molar-refractivity contribution >= 4 is 31.9 Å². The number of ether oxygens (including phenoxy) is 2. The Kier molecular flexibility index (Phi) is 110. The van der Waals surface area contributed by atoms with Crippen molar-refractivity contribution in [1.82, 2.24) is 0 Å². The average molecular weight is 1340 g/mol. The molecule has 0 aliphatic rings. The molecule has 0 aliphatic carbocycles. The van der Waals surface area contributed by atoms with Gasteiger partial charge in [0.15, 0.2) is 0 Å². The molecular formula is C58H107Br2K2Na2O16-. The molecule has 0 unspecified atom stereocenters. The summed E-state index contributed by atoms with van der Waals surface area (Å²) in [5, 5.41) is 83.4. The molecule has 16 nitrogen and oxygen atoms in total. The minimum atomic E-state index is -0.750. The Labute approximate surface area is 631 Å². The molecule has 0 saturated carbocycles. The zero-order chi connectivity index (χ0) is 57.3. The van der Waals surface area contributed by atoms with Gasteiger partial charge in [-0.25, -0.2) is 0 Å². The van der Waals surface area contributed by atoms with E-state index >= 15 is 0 Å². The monoisotopic (exact) mass is 1340 g/mol. The van der Waals surface area contributed by atoms with Gasteiger partial charge in [-0.1, -0.05) is 171 Å². The fraction of sp³-hybridized carbons (Fsp3) is 0.707. The largest absolute Gasteiger partial charge is 1.00 e. The predicted molar refractivity (Wildman–Crippen MR) is 308 cm³/mol. The topological polar surface area (TPSA) is 292 Å². The molecule has 0 radical (unpaired) electrons. The first-order valence-corrected chi connectivity index (χ1v) is 28.6. The molecule has 80 heavy (non-hydrogen) atoms. The van der Waals surface area contributed by atoms with Crippen LogP contribution in [-0.2, 0) is 62.3 Å². The number of aliphatic hydroxyl groups excluding tert-OH is 6. The van der Waals surface area contributed by atoms with Gasteiger partial charge in [-0.3, -0.25) is 0 Å². The average Bonchev–Trinajstić information content (AvgIpc) is 4.24. The number of furan rings is 4. The normalized spacial score (nSPS) is 9.53. The van der Waals surface area contributed by atoms with Crippen molar-refractivity contribution < 1.29 is 240 Å². The van der Waals surface area contributed by atoms with Gasteiger partial charge < -0.3 is 86.0 Å². The van der Waals surface area contributed by atoms with Crippen molar-refractivity contribution in [2.24, 2.45) is 0 Å². The molecule has 7 N–H and O–H groups in total. The van der Waals surface area contributed by atoms with E-state index < -0.39 is 5.60 Å². The van der Waals surface area contributed by atoms with Crippen molar-refractivity contribution in [1.29, 1.82) is 0 Å². The maximum absolute atomic E-state index is 10.1. The fourth-order valence-corrected chi connectivity index (χ4v) is 5.77. The Morgan fingerprint density at radius 3 is 0.800 bits per heavy atom. The maximum atomic E-state index is 10.1. The number of alkyl halides is 2. The van der Waals surface area contributed by atoms with Crippen LogP contribution in [0.1, 0.15) is 218 Å². The van der Waals surface area contributed by atoms with Crippen LogP contribution in [0.2, 0.25) is 0 Å². The van der Waals surface area contributed by atoms with E-state index in [1.54, 1.807) is 76.4 Å². The summed E-state index contributed by atoms with van der Waals surface area (Å²) in [6, 6.07) is 12.8. The number of halogens is 2. The Bertz CT molecular complexity index is 1380. The van der Waals surface area contributed by atoms with Gasteiger partial charge in [0.2, 0.25) is 0 Å². The molecule has 454 valence electrons. The van der Waals surface area contributed by atoms with Crippen LogP contribution in [0.4, 0.5) is 0 Å². The molecule has 4 aromatic rings. The van der Waals surface area contributed by atoms with Crippen LogP contribution in [0.25, 0.3) is 0 Å². The Hall–Kier alpha value is 2.87. The fourth-order valence-electron chi connectivity index (χ4n) is 4.98. The second-order valence-corrected chi connectivity index (χ2v) is 20.0. The molecule has 4 aromatic heterocycles. The number of aliphatic hydroxyl groups is 6. The summed E-state index contributed by atoms with van der Waals surface area (Å²) >= 11 is 6.76. The van der Waals surface area contributed by atoms with Gasteiger partial charge in [-0.05, 0) is 95.0 Å². The summed E-state index contributed by atoms with van der Waals surface area (Å²) in [7, 11) is 1.76. The number of hydrogen-bond acceptors (Lipinski definition) is 16. The first kappa shape index (κ1) is 108. The van der Waals surface area contributed by atoms with Crippen molar-refractivity contribution in [3.05, 3.63) is 102 Å². The zero-order valence-corrected chi connectivity index (χ0v) is 66.4. The third-order valence-electron chi connectivity index (χ3n) is 8.80. The Morgan fingerprint density at radius 1 is 0.425 bits per heavy atom. The van der Waals surface area contributed by atoms with Gasteiger partial charge in [0.1, 0.15) is 74.2 Å². The van der Waals surface area contributed by atoms with E-state index in [1.807, 2.05) is 0 Å². The summed E-state index contributed by atoms with van der Waals surface area (Å²) in [5.74, 6) is 3.58. The van der Waals surface area contributed by atoms with Crippen LogP contribution >= 0.6 is 31.9 Å². The van der Waals surface area contributed by atoms with Gasteiger partial charge in [-0.2, -0.15) is 0 Å². The summed E-state index contributed by atoms with van der Waals surface area (Å²) in [5.41, 5.74) is -0.702. The molecular weight excluding hydrogens is 1240 g/mol. The van der Waals surface area contributed by atoms with Crippen LogP contribution in [-0.4, -0.2) is 78.3 Å². The van der Waals surface area contributed by atoms with Crippen molar-refractivity contribution in [2.45, 2.75) is 236 Å². The first-order chi connectivity index (χ1) is 35.3. The van der Waals surface area contributed by atoms with E-state index in [2.05, 4.69) is 80.3 Å². The summed E-state index contributed by atoms with van der Waals surface area (Å²) < 4.78 is 29.9. The smallest absolute Gasteiger partial charge is 0.870 e. The van der Waals surface area contributed by atoms with Crippen molar-refractivity contribution in [2.75, 3.05) is 31.0 Å². The molecule has 0 aromatic carbocycles. The van der Waals surface area contributed by atoms with Crippen LogP contribution in [0.5, 0.6) is 0 Å². The van der Waals surface area contributed by atoms with Gasteiger partial charge in [0.25, 0.3) is 0 Å². The second-order valence-electron chi connectivity index (χ2n) is 18.4. The van der Waals surface area contributed by atoms with Gasteiger partial charge in [0, 0.05) is 31.0 Å². The minimum Gasteiger partial charge on any atom is -0.870 e. The van der Waals surface area contributed by atoms with Crippen molar-refractivity contribution in [3.63, 3.8) is 0 Å². The van der Waals surface area contributed by atoms with E-state index in [-0.39, 0.29) is 233 Å². The minimum absolute atomic E-state index is 0. The van der Waals surface area contributed by atoms with Crippen LogP contribution in [0.15, 0.2) is 66.2 Å². The van der Waals surface area contributed by atoms with Crippen LogP contribution in [0.3, 0.4) is 0 Å². The molecule has 0 amide bonds. The van der Waals surface area contributed by atoms with Crippen molar-refractivity contribution in [3.8, 4) is 0 Å². The summed E-state index contributed by atoms with van der Waals surface area (Å²) in [6.07, 6.45) is 21.3. The zero-order valence-electron chi connectivity index (χ0n) is 53.0. The van der Waals surface area contributed by atoms with Gasteiger partial charge in [0.05, 0.1) is 17.1 Å². The van der Waals surface area contributed by atoms with E-state index in [4.69, 9.17) is 57.8 Å². The molecule has 0 atom stereocenters. The number of unbranched alkanes of at least 4 members (excludes halogenated alkanes) is 12. The van der Waals surface area contributed by atoms with Crippen LogP contribution < -0.4 is 177 Å². The summed E-state index contributed by atoms with van der Waals surface area (Å²) in [4.78, 5) is 0. The van der Waals surface area contributed by atoms with Gasteiger partial charge in [-0.15, -0.1) is 5.60 Å². The van der Waals surface area contributed by atoms with E-state index in [9.17, 15) is 15.3 Å². The predicted octanol–water partition coefficient (Wildman–Crippen LogP) is -0.254. The van der Waals surface area contributed by atoms with E-state index in [1.165, 1.54) is 113 Å². The molecule has 4 heterocycles. The number of rotatable bonds is 26. The standard InChI is InChI=1S/C10H22O.C7H16O.2C6H13Br.2C6H8O3.2C6H7O3.C4H9O.CH3.2K.2Na.H2O/c1-5-6-7-8-9-11-10(2,3)4;1-3-4-5-6-7-8-2;2*1-2-3-4-5-6-7;4*7-3-5-1-2-6(4-8)9-5;1-4(2,3)5;;;;;;/h5-9H2,1-4H3;3-7H2,1-2H3;2*2-6H2,1H3;2*1-2,7-8H,3-4H2;2*1-2,7H,3-4H2;1-3H3;1H3;;;;;1H2/q;;;;;;4*-1;4*+1;/p-1. The molecule has 0 fully saturated rings. The SMILES string of the molecule is CC(C)(C)[O-].CCCCCCBr.CCCCCCBr.CCCCCCOC.CCCCCCOC(C)(C)C.OCc1ccc(CO)o1.OCc1ccc(CO)o1.[CH3-].[K+].[K+].[Na+].[Na+].[O-]Cc1ccc(CO)o1.[O-]Cc1ccc(CO)o1.[OH-]. The Balaban J connectivity index is -0.0000000741. The molecule has 0 spiro atoms. The second kappa shape index (κ2) is 81.9.